The van der Waals surface area contributed by atoms with Crippen molar-refractivity contribution in [1.29, 1.82) is 0 Å². The van der Waals surface area contributed by atoms with Gasteiger partial charge in [0.1, 0.15) is 0 Å². The van der Waals surface area contributed by atoms with Gasteiger partial charge in [-0.25, -0.2) is 13.2 Å². The van der Waals surface area contributed by atoms with Gasteiger partial charge in [0.25, 0.3) is 0 Å². The fourth-order valence-electron chi connectivity index (χ4n) is 2.60. The molecule has 24 heavy (non-hydrogen) atoms. The minimum Gasteiger partial charge on any atom is -0.478 e. The molecule has 2 rings (SSSR count). The standard InChI is InChI=1S/C16H21NO6S/c1-24(21,22)14-9-12(16(19)20)8-13(10-14)17-15(18)3-2-11-4-6-23-7-5-11/h8-11H,2-7H2,1H3,(H,17,18)(H,19,20). The van der Waals surface area contributed by atoms with E-state index in [2.05, 4.69) is 5.32 Å². The Balaban J connectivity index is 2.06. The molecule has 0 radical (unpaired) electrons. The highest BCUT2D eigenvalue weighted by Crippen LogP contribution is 2.22. The van der Waals surface area contributed by atoms with E-state index in [-0.39, 0.29) is 22.1 Å². The van der Waals surface area contributed by atoms with Gasteiger partial charge in [-0.15, -0.1) is 0 Å². The number of hydrogen-bond donors (Lipinski definition) is 2. The van der Waals surface area contributed by atoms with E-state index < -0.39 is 15.8 Å². The maximum Gasteiger partial charge on any atom is 0.335 e. The second kappa shape index (κ2) is 7.76. The van der Waals surface area contributed by atoms with Gasteiger partial charge in [0.05, 0.1) is 10.5 Å². The normalized spacial score (nSPS) is 15.9. The summed E-state index contributed by atoms with van der Waals surface area (Å²) in [5.41, 5.74) is -0.00930. The molecule has 1 aliphatic heterocycles. The summed E-state index contributed by atoms with van der Waals surface area (Å²) in [4.78, 5) is 23.1. The van der Waals surface area contributed by atoms with Crippen LogP contribution >= 0.6 is 0 Å². The Morgan fingerprint density at radius 2 is 1.92 bits per heavy atom. The lowest BCUT2D eigenvalue weighted by molar-refractivity contribution is -0.116. The summed E-state index contributed by atoms with van der Waals surface area (Å²) in [5, 5.41) is 11.7. The van der Waals surface area contributed by atoms with E-state index in [4.69, 9.17) is 9.84 Å². The highest BCUT2D eigenvalue weighted by Gasteiger charge is 2.17. The van der Waals surface area contributed by atoms with Gasteiger partial charge >= 0.3 is 5.97 Å². The van der Waals surface area contributed by atoms with E-state index in [1.165, 1.54) is 12.1 Å². The van der Waals surface area contributed by atoms with Crippen molar-refractivity contribution < 1.29 is 27.9 Å². The topological polar surface area (TPSA) is 110 Å². The summed E-state index contributed by atoms with van der Waals surface area (Å²) in [6.07, 6.45) is 3.88. The van der Waals surface area contributed by atoms with Gasteiger partial charge in [-0.3, -0.25) is 4.79 Å². The van der Waals surface area contributed by atoms with Crippen LogP contribution in [0.5, 0.6) is 0 Å². The second-order valence-electron chi connectivity index (χ2n) is 5.97. The number of sulfone groups is 1. The molecule has 1 saturated heterocycles. The number of nitrogens with one attached hydrogen (secondary N) is 1. The highest BCUT2D eigenvalue weighted by molar-refractivity contribution is 7.90. The van der Waals surface area contributed by atoms with Crippen LogP contribution in [0.1, 0.15) is 36.0 Å². The predicted molar refractivity (Wildman–Crippen MR) is 87.9 cm³/mol. The minimum absolute atomic E-state index is 0.137. The SMILES string of the molecule is CS(=O)(=O)c1cc(NC(=O)CCC2CCOCC2)cc(C(=O)O)c1. The van der Waals surface area contributed by atoms with Crippen LogP contribution in [0.3, 0.4) is 0 Å². The Bertz CT molecular complexity index is 722. The Morgan fingerprint density at radius 3 is 2.50 bits per heavy atom. The Kier molecular flexibility index (Phi) is 5.95. The van der Waals surface area contributed by atoms with Gasteiger partial charge < -0.3 is 15.2 Å². The zero-order valence-electron chi connectivity index (χ0n) is 13.4. The van der Waals surface area contributed by atoms with Crippen LogP contribution < -0.4 is 5.32 Å². The molecule has 0 spiro atoms. The molecule has 1 fully saturated rings. The number of carboxylic acids is 1. The van der Waals surface area contributed by atoms with E-state index in [1.807, 2.05) is 0 Å². The number of rotatable bonds is 6. The number of carbonyl (C=O) groups is 2. The molecule has 0 unspecified atom stereocenters. The van der Waals surface area contributed by atoms with Gasteiger partial charge in [0, 0.05) is 31.6 Å². The third-order valence-corrected chi connectivity index (χ3v) is 5.08. The van der Waals surface area contributed by atoms with Crippen molar-refractivity contribution in [2.75, 3.05) is 24.8 Å². The van der Waals surface area contributed by atoms with E-state index in [0.717, 1.165) is 31.6 Å². The van der Waals surface area contributed by atoms with Crippen LogP contribution in [0.15, 0.2) is 23.1 Å². The third kappa shape index (κ3) is 5.31. The number of carboxylic acid groups (broad SMARTS) is 1. The lowest BCUT2D eigenvalue weighted by Gasteiger charge is -2.21. The summed E-state index contributed by atoms with van der Waals surface area (Å²) < 4.78 is 28.6. The van der Waals surface area contributed by atoms with Gasteiger partial charge in [-0.05, 0) is 43.4 Å². The van der Waals surface area contributed by atoms with Crippen LogP contribution in [0.25, 0.3) is 0 Å². The molecule has 1 amide bonds. The number of benzene rings is 1. The predicted octanol–water partition coefficient (Wildman–Crippen LogP) is 1.93. The molecule has 2 N–H and O–H groups in total. The first kappa shape index (κ1) is 18.4. The molecule has 0 bridgehead atoms. The maximum absolute atomic E-state index is 12.1. The van der Waals surface area contributed by atoms with E-state index in [1.54, 1.807) is 0 Å². The summed E-state index contributed by atoms with van der Waals surface area (Å²) in [5.74, 6) is -1.07. The number of anilines is 1. The molecule has 8 heteroatoms. The third-order valence-electron chi connectivity index (χ3n) is 3.99. The molecular formula is C16H21NO6S. The van der Waals surface area contributed by atoms with Gasteiger partial charge in [-0.1, -0.05) is 0 Å². The van der Waals surface area contributed by atoms with Gasteiger partial charge in [-0.2, -0.15) is 0 Å². The van der Waals surface area contributed by atoms with E-state index in [0.29, 0.717) is 25.6 Å². The van der Waals surface area contributed by atoms with Crippen molar-refractivity contribution in [1.82, 2.24) is 0 Å². The highest BCUT2D eigenvalue weighted by atomic mass is 32.2. The van der Waals surface area contributed by atoms with Gasteiger partial charge in [0.2, 0.25) is 5.91 Å². The van der Waals surface area contributed by atoms with E-state index in [9.17, 15) is 18.0 Å². The molecule has 7 nitrogen and oxygen atoms in total. The first-order chi connectivity index (χ1) is 11.3. The van der Waals surface area contributed by atoms with Crippen molar-refractivity contribution in [3.05, 3.63) is 23.8 Å². The lowest BCUT2D eigenvalue weighted by Crippen LogP contribution is -2.19. The molecule has 132 valence electrons. The van der Waals surface area contributed by atoms with Crippen LogP contribution in [-0.4, -0.2) is 44.9 Å². The summed E-state index contributed by atoms with van der Waals surface area (Å²) in [6.45, 7) is 1.43. The summed E-state index contributed by atoms with van der Waals surface area (Å²) >= 11 is 0. The van der Waals surface area contributed by atoms with E-state index >= 15 is 0 Å². The van der Waals surface area contributed by atoms with Crippen LogP contribution in [0, 0.1) is 5.92 Å². The average Bonchev–Trinajstić information content (AvgIpc) is 2.53. The number of aromatic carboxylic acids is 1. The number of ether oxygens (including phenoxy) is 1. The first-order valence-corrected chi connectivity index (χ1v) is 9.61. The first-order valence-electron chi connectivity index (χ1n) is 7.72. The fraction of sp³-hybridized carbons (Fsp3) is 0.500. The van der Waals surface area contributed by atoms with Crippen molar-refractivity contribution in [3.63, 3.8) is 0 Å². The number of hydrogen-bond acceptors (Lipinski definition) is 5. The Hall–Kier alpha value is -1.93. The van der Waals surface area contributed by atoms with Crippen molar-refractivity contribution in [3.8, 4) is 0 Å². The fourth-order valence-corrected chi connectivity index (χ4v) is 3.28. The maximum atomic E-state index is 12.1. The summed E-state index contributed by atoms with van der Waals surface area (Å²) in [6, 6.07) is 3.60. The van der Waals surface area contributed by atoms with Crippen molar-refractivity contribution >= 4 is 27.4 Å². The Morgan fingerprint density at radius 1 is 1.25 bits per heavy atom. The molecule has 1 aromatic rings. The second-order valence-corrected chi connectivity index (χ2v) is 7.98. The molecule has 1 aromatic carbocycles. The van der Waals surface area contributed by atoms with Crippen molar-refractivity contribution in [2.45, 2.75) is 30.6 Å². The number of amides is 1. The molecule has 1 heterocycles. The van der Waals surface area contributed by atoms with Crippen LogP contribution in [0.4, 0.5) is 5.69 Å². The zero-order valence-corrected chi connectivity index (χ0v) is 14.3. The zero-order chi connectivity index (χ0) is 17.7. The lowest BCUT2D eigenvalue weighted by atomic mass is 9.95. The Labute approximate surface area is 140 Å². The number of carbonyl (C=O) groups excluding carboxylic acids is 1. The smallest absolute Gasteiger partial charge is 0.335 e. The summed E-state index contributed by atoms with van der Waals surface area (Å²) in [7, 11) is -3.58. The van der Waals surface area contributed by atoms with Crippen molar-refractivity contribution in [2.24, 2.45) is 5.92 Å². The quantitative estimate of drug-likeness (QED) is 0.807. The molecular weight excluding hydrogens is 334 g/mol. The van der Waals surface area contributed by atoms with Gasteiger partial charge in [0.15, 0.2) is 9.84 Å². The molecule has 0 saturated carbocycles. The van der Waals surface area contributed by atoms with Crippen LogP contribution in [0.2, 0.25) is 0 Å². The molecule has 0 aliphatic carbocycles. The molecule has 0 aromatic heterocycles. The molecule has 0 atom stereocenters. The van der Waals surface area contributed by atoms with Crippen LogP contribution in [-0.2, 0) is 19.4 Å². The largest absolute Gasteiger partial charge is 0.478 e. The molecule has 1 aliphatic rings. The average molecular weight is 355 g/mol. The monoisotopic (exact) mass is 355 g/mol. The minimum atomic E-state index is -3.58.